The fourth-order valence-corrected chi connectivity index (χ4v) is 5.80. The molecule has 0 atom stereocenters. The molecule has 2 aromatic heterocycles. The Bertz CT molecular complexity index is 1470. The summed E-state index contributed by atoms with van der Waals surface area (Å²) in [6.07, 6.45) is 0. The lowest BCUT2D eigenvalue weighted by Crippen LogP contribution is -2.34. The van der Waals surface area contributed by atoms with E-state index in [-0.39, 0.29) is 16.6 Å². The van der Waals surface area contributed by atoms with E-state index in [1.807, 2.05) is 43.7 Å². The summed E-state index contributed by atoms with van der Waals surface area (Å²) in [5, 5.41) is 5.68. The first kappa shape index (κ1) is 24.4. The van der Waals surface area contributed by atoms with Crippen LogP contribution in [0.1, 0.15) is 34.2 Å². The molecule has 34 heavy (non-hydrogen) atoms. The Morgan fingerprint density at radius 1 is 1.12 bits per heavy atom. The second-order valence-electron chi connectivity index (χ2n) is 8.05. The van der Waals surface area contributed by atoms with Gasteiger partial charge in [0, 0.05) is 22.8 Å². The number of benzene rings is 2. The van der Waals surface area contributed by atoms with Crippen molar-refractivity contribution in [2.24, 2.45) is 0 Å². The van der Waals surface area contributed by atoms with E-state index >= 15 is 0 Å². The normalized spacial score (nSPS) is 11.8. The number of amides is 1. The van der Waals surface area contributed by atoms with Gasteiger partial charge in [0.25, 0.3) is 5.91 Å². The van der Waals surface area contributed by atoms with Crippen LogP contribution in [-0.4, -0.2) is 41.4 Å². The number of hydrogen-bond acceptors (Lipinski definition) is 6. The zero-order valence-electron chi connectivity index (χ0n) is 19.4. The van der Waals surface area contributed by atoms with Gasteiger partial charge < -0.3 is 0 Å². The number of aromatic nitrogens is 3. The van der Waals surface area contributed by atoms with Crippen LogP contribution in [0.15, 0.2) is 47.4 Å². The largest absolute Gasteiger partial charge is 0.282 e. The molecule has 4 rings (SSSR count). The zero-order chi connectivity index (χ0) is 24.6. The predicted molar refractivity (Wildman–Crippen MR) is 137 cm³/mol. The van der Waals surface area contributed by atoms with Gasteiger partial charge in [-0.2, -0.15) is 5.10 Å². The van der Waals surface area contributed by atoms with Crippen molar-refractivity contribution in [1.29, 1.82) is 0 Å². The van der Waals surface area contributed by atoms with Gasteiger partial charge in [-0.25, -0.2) is 13.4 Å². The molecule has 0 aliphatic carbocycles. The molecule has 0 spiro atoms. The SMILES string of the molecule is CCS(=O)(=O)c1ccc(C(=O)N(CCn2nc(C)cc2C)c2nc3c(C)c(Cl)ccc3s2)cc1. The van der Waals surface area contributed by atoms with Gasteiger partial charge in [0.1, 0.15) is 0 Å². The third-order valence-electron chi connectivity index (χ3n) is 5.69. The minimum atomic E-state index is -3.35. The van der Waals surface area contributed by atoms with E-state index in [4.69, 9.17) is 16.6 Å². The number of aryl methyl sites for hydroxylation is 3. The smallest absolute Gasteiger partial charge is 0.260 e. The van der Waals surface area contributed by atoms with Crippen molar-refractivity contribution in [3.8, 4) is 0 Å². The van der Waals surface area contributed by atoms with Crippen molar-refractivity contribution in [3.05, 3.63) is 70.0 Å². The fraction of sp³-hybridized carbons (Fsp3) is 0.292. The average molecular weight is 517 g/mol. The minimum Gasteiger partial charge on any atom is -0.282 e. The molecule has 10 heteroatoms. The first-order chi connectivity index (χ1) is 16.1. The van der Waals surface area contributed by atoms with Gasteiger partial charge in [0.05, 0.1) is 33.1 Å². The minimum absolute atomic E-state index is 0.00265. The maximum absolute atomic E-state index is 13.6. The third kappa shape index (κ3) is 4.73. The van der Waals surface area contributed by atoms with E-state index < -0.39 is 9.84 Å². The molecule has 0 aliphatic heterocycles. The molecule has 0 radical (unpaired) electrons. The molecule has 0 fully saturated rings. The predicted octanol–water partition coefficient (Wildman–Crippen LogP) is 5.21. The van der Waals surface area contributed by atoms with E-state index in [9.17, 15) is 13.2 Å². The molecule has 4 aromatic rings. The van der Waals surface area contributed by atoms with E-state index in [1.165, 1.54) is 23.5 Å². The number of carbonyl (C=O) groups excluding carboxylic acids is 1. The molecule has 0 aliphatic rings. The summed E-state index contributed by atoms with van der Waals surface area (Å²) in [4.78, 5) is 20.2. The maximum atomic E-state index is 13.6. The van der Waals surface area contributed by atoms with Gasteiger partial charge in [-0.1, -0.05) is 29.9 Å². The summed E-state index contributed by atoms with van der Waals surface area (Å²) in [6, 6.07) is 11.8. The molecule has 2 heterocycles. The van der Waals surface area contributed by atoms with Gasteiger partial charge in [-0.05, 0) is 68.8 Å². The summed E-state index contributed by atoms with van der Waals surface area (Å²) in [5.41, 5.74) is 3.93. The Kier molecular flexibility index (Phi) is 6.80. The first-order valence-electron chi connectivity index (χ1n) is 10.8. The second-order valence-corrected chi connectivity index (χ2v) is 11.7. The van der Waals surface area contributed by atoms with Crippen molar-refractivity contribution in [2.45, 2.75) is 39.1 Å². The summed E-state index contributed by atoms with van der Waals surface area (Å²) in [7, 11) is -3.35. The molecule has 0 unspecified atom stereocenters. The highest BCUT2D eigenvalue weighted by Crippen LogP contribution is 2.34. The lowest BCUT2D eigenvalue weighted by molar-refractivity contribution is 0.0985. The van der Waals surface area contributed by atoms with E-state index in [1.54, 1.807) is 24.0 Å². The first-order valence-corrected chi connectivity index (χ1v) is 13.7. The van der Waals surface area contributed by atoms with Crippen LogP contribution in [0.5, 0.6) is 0 Å². The van der Waals surface area contributed by atoms with Crippen molar-refractivity contribution >= 4 is 54.0 Å². The van der Waals surface area contributed by atoms with E-state index in [0.29, 0.717) is 28.8 Å². The number of hydrogen-bond donors (Lipinski definition) is 0. The highest BCUT2D eigenvalue weighted by atomic mass is 35.5. The van der Waals surface area contributed by atoms with Crippen molar-refractivity contribution in [2.75, 3.05) is 17.2 Å². The van der Waals surface area contributed by atoms with Gasteiger partial charge in [-0.3, -0.25) is 14.4 Å². The van der Waals surface area contributed by atoms with Crippen LogP contribution in [-0.2, 0) is 16.4 Å². The van der Waals surface area contributed by atoms with Crippen LogP contribution in [0.3, 0.4) is 0 Å². The van der Waals surface area contributed by atoms with Crippen LogP contribution in [0.25, 0.3) is 10.2 Å². The summed E-state index contributed by atoms with van der Waals surface area (Å²) >= 11 is 7.70. The Morgan fingerprint density at radius 2 is 1.82 bits per heavy atom. The molecule has 0 saturated carbocycles. The highest BCUT2D eigenvalue weighted by molar-refractivity contribution is 7.91. The fourth-order valence-electron chi connectivity index (χ4n) is 3.71. The van der Waals surface area contributed by atoms with Crippen LogP contribution in [0.4, 0.5) is 5.13 Å². The van der Waals surface area contributed by atoms with Gasteiger partial charge >= 0.3 is 0 Å². The molecule has 0 bridgehead atoms. The third-order valence-corrected chi connectivity index (χ3v) is 8.90. The number of carbonyl (C=O) groups is 1. The number of anilines is 1. The lowest BCUT2D eigenvalue weighted by atomic mass is 10.2. The summed E-state index contributed by atoms with van der Waals surface area (Å²) in [6.45, 7) is 8.24. The highest BCUT2D eigenvalue weighted by Gasteiger charge is 2.23. The lowest BCUT2D eigenvalue weighted by Gasteiger charge is -2.20. The molecule has 7 nitrogen and oxygen atoms in total. The summed E-state index contributed by atoms with van der Waals surface area (Å²) < 4.78 is 27.1. The quantitative estimate of drug-likeness (QED) is 0.336. The number of sulfone groups is 1. The zero-order valence-corrected chi connectivity index (χ0v) is 21.8. The van der Waals surface area contributed by atoms with Crippen LogP contribution in [0, 0.1) is 20.8 Å². The van der Waals surface area contributed by atoms with Gasteiger partial charge in [0.2, 0.25) is 0 Å². The topological polar surface area (TPSA) is 85.2 Å². The van der Waals surface area contributed by atoms with Gasteiger partial charge in [0.15, 0.2) is 15.0 Å². The molecular formula is C24H25ClN4O3S2. The number of thiazole rings is 1. The van der Waals surface area contributed by atoms with Crippen molar-refractivity contribution < 1.29 is 13.2 Å². The standard InChI is InChI=1S/C24H25ClN4O3S2/c1-5-34(31,32)19-8-6-18(7-9-19)23(30)28(12-13-29-16(3)14-15(2)27-29)24-26-22-17(4)20(25)10-11-21(22)33-24/h6-11,14H,5,12-13H2,1-4H3. The van der Waals surface area contributed by atoms with Crippen molar-refractivity contribution in [1.82, 2.24) is 14.8 Å². The maximum Gasteiger partial charge on any atom is 0.260 e. The number of halogens is 1. The van der Waals surface area contributed by atoms with Crippen molar-refractivity contribution in [3.63, 3.8) is 0 Å². The monoisotopic (exact) mass is 516 g/mol. The average Bonchev–Trinajstić information content (AvgIpc) is 3.39. The summed E-state index contributed by atoms with van der Waals surface area (Å²) in [5.74, 6) is -0.257. The Morgan fingerprint density at radius 3 is 2.44 bits per heavy atom. The number of fused-ring (bicyclic) bond motifs is 1. The van der Waals surface area contributed by atoms with Gasteiger partial charge in [-0.15, -0.1) is 0 Å². The number of nitrogens with zero attached hydrogens (tertiary/aromatic N) is 4. The number of rotatable bonds is 7. The molecule has 178 valence electrons. The van der Waals surface area contributed by atoms with Crippen LogP contribution in [0.2, 0.25) is 5.02 Å². The Hall–Kier alpha value is -2.75. The molecule has 0 N–H and O–H groups in total. The second kappa shape index (κ2) is 9.48. The molecular weight excluding hydrogens is 492 g/mol. The Balaban J connectivity index is 1.72. The molecule has 2 aromatic carbocycles. The Labute approximate surface area is 207 Å². The molecule has 0 saturated heterocycles. The van der Waals surface area contributed by atoms with E-state index in [2.05, 4.69) is 5.10 Å². The molecule has 1 amide bonds. The van der Waals surface area contributed by atoms with Crippen LogP contribution < -0.4 is 4.90 Å². The van der Waals surface area contributed by atoms with Crippen LogP contribution >= 0.6 is 22.9 Å². The van der Waals surface area contributed by atoms with E-state index in [0.717, 1.165) is 27.2 Å².